The molecular weight excluding hydrogens is 320 g/mol. The van der Waals surface area contributed by atoms with Crippen molar-refractivity contribution in [2.75, 3.05) is 12.4 Å². The zero-order valence-corrected chi connectivity index (χ0v) is 13.8. The molecule has 3 aromatic rings. The molecule has 1 unspecified atom stereocenters. The number of pyridine rings is 2. The summed E-state index contributed by atoms with van der Waals surface area (Å²) in [5.41, 5.74) is 1.64. The van der Waals surface area contributed by atoms with Crippen LogP contribution in [0, 0.1) is 0 Å². The van der Waals surface area contributed by atoms with Crippen molar-refractivity contribution < 1.29 is 4.74 Å². The predicted octanol–water partition coefficient (Wildman–Crippen LogP) is 4.06. The second-order valence-corrected chi connectivity index (χ2v) is 6.13. The minimum absolute atomic E-state index is 0.0199. The molecule has 3 heterocycles. The Bertz CT molecular complexity index is 792. The molecule has 0 aliphatic heterocycles. The molecule has 0 radical (unpaired) electrons. The van der Waals surface area contributed by atoms with Gasteiger partial charge in [-0.1, -0.05) is 11.6 Å². The molecule has 3 rings (SSSR count). The number of ether oxygens (including phenoxy) is 1. The van der Waals surface area contributed by atoms with Crippen LogP contribution in [0.1, 0.15) is 23.7 Å². The van der Waals surface area contributed by atoms with Crippen LogP contribution in [0.2, 0.25) is 5.02 Å². The first-order chi connectivity index (χ1) is 10.7. The van der Waals surface area contributed by atoms with Crippen LogP contribution in [-0.4, -0.2) is 22.1 Å². The minimum atomic E-state index is 0.0199. The number of nitrogens with zero attached hydrogens (tertiary/aromatic N) is 3. The van der Waals surface area contributed by atoms with Crippen molar-refractivity contribution in [3.05, 3.63) is 45.5 Å². The molecule has 0 saturated carbocycles. The van der Waals surface area contributed by atoms with Gasteiger partial charge >= 0.3 is 0 Å². The molecular formula is C15H15ClN4OS. The van der Waals surface area contributed by atoms with Crippen LogP contribution in [0.3, 0.4) is 0 Å². The van der Waals surface area contributed by atoms with Gasteiger partial charge in [-0.25, -0.2) is 15.0 Å². The van der Waals surface area contributed by atoms with E-state index < -0.39 is 0 Å². The summed E-state index contributed by atoms with van der Waals surface area (Å²) in [6.07, 6.45) is 1.62. The Balaban J connectivity index is 1.71. The molecule has 114 valence electrons. The molecule has 0 aromatic carbocycles. The van der Waals surface area contributed by atoms with Crippen LogP contribution in [0.4, 0.5) is 5.82 Å². The summed E-state index contributed by atoms with van der Waals surface area (Å²) >= 11 is 7.51. The maximum absolute atomic E-state index is 5.92. The Morgan fingerprint density at radius 1 is 1.36 bits per heavy atom. The molecule has 0 aliphatic carbocycles. The molecule has 5 nitrogen and oxygen atoms in total. The molecule has 1 atom stereocenters. The average molecular weight is 335 g/mol. The van der Waals surface area contributed by atoms with Gasteiger partial charge in [0.1, 0.15) is 16.9 Å². The van der Waals surface area contributed by atoms with Gasteiger partial charge in [0.25, 0.3) is 0 Å². The fraction of sp³-hybridized carbons (Fsp3) is 0.267. The maximum atomic E-state index is 5.92. The van der Waals surface area contributed by atoms with Crippen LogP contribution in [0.25, 0.3) is 11.0 Å². The third kappa shape index (κ3) is 3.35. The van der Waals surface area contributed by atoms with E-state index in [2.05, 4.69) is 20.3 Å². The highest BCUT2D eigenvalue weighted by Crippen LogP contribution is 2.21. The largest absolute Gasteiger partial charge is 0.375 e. The van der Waals surface area contributed by atoms with Gasteiger partial charge in [0.15, 0.2) is 5.65 Å². The number of rotatable bonds is 5. The minimum Gasteiger partial charge on any atom is -0.375 e. The van der Waals surface area contributed by atoms with E-state index in [0.29, 0.717) is 17.2 Å². The van der Waals surface area contributed by atoms with E-state index in [1.54, 1.807) is 24.6 Å². The van der Waals surface area contributed by atoms with Crippen LogP contribution >= 0.6 is 22.9 Å². The third-order valence-corrected chi connectivity index (χ3v) is 4.49. The maximum Gasteiger partial charge on any atom is 0.161 e. The van der Waals surface area contributed by atoms with E-state index in [4.69, 9.17) is 16.3 Å². The predicted molar refractivity (Wildman–Crippen MR) is 89.4 cm³/mol. The van der Waals surface area contributed by atoms with E-state index in [1.807, 2.05) is 30.5 Å². The van der Waals surface area contributed by atoms with Crippen LogP contribution < -0.4 is 5.32 Å². The molecule has 0 aliphatic rings. The zero-order valence-electron chi connectivity index (χ0n) is 12.2. The number of anilines is 1. The van der Waals surface area contributed by atoms with Gasteiger partial charge in [-0.05, 0) is 25.1 Å². The van der Waals surface area contributed by atoms with Gasteiger partial charge in [0.05, 0.1) is 17.3 Å². The zero-order chi connectivity index (χ0) is 15.5. The second kappa shape index (κ2) is 6.56. The topological polar surface area (TPSA) is 59.9 Å². The molecule has 3 aromatic heterocycles. The lowest BCUT2D eigenvalue weighted by atomic mass is 10.3. The molecule has 0 bridgehead atoms. The fourth-order valence-electron chi connectivity index (χ4n) is 1.95. The number of methoxy groups -OCH3 is 1. The Morgan fingerprint density at radius 2 is 2.23 bits per heavy atom. The molecule has 1 N–H and O–H groups in total. The SMILES string of the molecule is COC(C)c1nc(CNc2ccc3cc(Cl)cnc3n2)cs1. The summed E-state index contributed by atoms with van der Waals surface area (Å²) < 4.78 is 5.27. The molecule has 0 fully saturated rings. The van der Waals surface area contributed by atoms with Crippen molar-refractivity contribution >= 4 is 39.8 Å². The van der Waals surface area contributed by atoms with E-state index in [0.717, 1.165) is 21.9 Å². The summed E-state index contributed by atoms with van der Waals surface area (Å²) in [6, 6.07) is 5.70. The van der Waals surface area contributed by atoms with Crippen molar-refractivity contribution in [3.8, 4) is 0 Å². The van der Waals surface area contributed by atoms with Gasteiger partial charge in [0.2, 0.25) is 0 Å². The number of fused-ring (bicyclic) bond motifs is 1. The summed E-state index contributed by atoms with van der Waals surface area (Å²) in [5, 5.41) is 7.78. The average Bonchev–Trinajstić information content (AvgIpc) is 3.01. The van der Waals surface area contributed by atoms with E-state index in [-0.39, 0.29) is 6.10 Å². The standard InChI is InChI=1S/C15H15ClN4OS/c1-9(21-2)15-19-12(8-22-15)7-17-13-4-3-10-5-11(16)6-18-14(10)20-13/h3-6,8-9H,7H2,1-2H3,(H,17,18,20). The quantitative estimate of drug-likeness (QED) is 0.762. The number of thiazole rings is 1. The number of halogens is 1. The highest BCUT2D eigenvalue weighted by atomic mass is 35.5. The highest BCUT2D eigenvalue weighted by molar-refractivity contribution is 7.09. The van der Waals surface area contributed by atoms with Crippen molar-refractivity contribution in [3.63, 3.8) is 0 Å². The summed E-state index contributed by atoms with van der Waals surface area (Å²) in [7, 11) is 1.68. The van der Waals surface area contributed by atoms with Gasteiger partial charge in [-0.2, -0.15) is 0 Å². The van der Waals surface area contributed by atoms with E-state index in [1.165, 1.54) is 0 Å². The van der Waals surface area contributed by atoms with E-state index in [9.17, 15) is 0 Å². The molecule has 0 amide bonds. The van der Waals surface area contributed by atoms with Crippen molar-refractivity contribution in [2.24, 2.45) is 0 Å². The lowest BCUT2D eigenvalue weighted by Gasteiger charge is -2.06. The normalized spacial score (nSPS) is 12.5. The molecule has 7 heteroatoms. The first-order valence-electron chi connectivity index (χ1n) is 6.79. The first-order valence-corrected chi connectivity index (χ1v) is 8.05. The number of hydrogen-bond acceptors (Lipinski definition) is 6. The Kier molecular flexibility index (Phi) is 4.52. The summed E-state index contributed by atoms with van der Waals surface area (Å²) in [5.74, 6) is 0.761. The van der Waals surface area contributed by atoms with E-state index >= 15 is 0 Å². The lowest BCUT2D eigenvalue weighted by molar-refractivity contribution is 0.119. The third-order valence-electron chi connectivity index (χ3n) is 3.23. The van der Waals surface area contributed by atoms with Crippen molar-refractivity contribution in [2.45, 2.75) is 19.6 Å². The van der Waals surface area contributed by atoms with Gasteiger partial charge < -0.3 is 10.1 Å². The van der Waals surface area contributed by atoms with Crippen LogP contribution in [0.15, 0.2) is 29.8 Å². The van der Waals surface area contributed by atoms with Gasteiger partial charge in [0, 0.05) is 24.1 Å². The van der Waals surface area contributed by atoms with Gasteiger partial charge in [-0.3, -0.25) is 0 Å². The van der Waals surface area contributed by atoms with Gasteiger partial charge in [-0.15, -0.1) is 11.3 Å². The van der Waals surface area contributed by atoms with Crippen molar-refractivity contribution in [1.82, 2.24) is 15.0 Å². The van der Waals surface area contributed by atoms with Crippen molar-refractivity contribution in [1.29, 1.82) is 0 Å². The first kappa shape index (κ1) is 15.1. The summed E-state index contributed by atoms with van der Waals surface area (Å²) in [6.45, 7) is 2.59. The Labute approximate surface area is 137 Å². The Hall–Kier alpha value is -1.76. The fourth-order valence-corrected chi connectivity index (χ4v) is 2.97. The summed E-state index contributed by atoms with van der Waals surface area (Å²) in [4.78, 5) is 13.2. The molecule has 0 saturated heterocycles. The second-order valence-electron chi connectivity index (χ2n) is 4.81. The van der Waals surface area contributed by atoms with Crippen LogP contribution in [-0.2, 0) is 11.3 Å². The molecule has 22 heavy (non-hydrogen) atoms. The number of hydrogen-bond donors (Lipinski definition) is 1. The number of nitrogens with one attached hydrogen (secondary N) is 1. The monoisotopic (exact) mass is 334 g/mol. The lowest BCUT2D eigenvalue weighted by Crippen LogP contribution is -2.03. The molecule has 0 spiro atoms. The van der Waals surface area contributed by atoms with Crippen LogP contribution in [0.5, 0.6) is 0 Å². The Morgan fingerprint density at radius 3 is 3.05 bits per heavy atom. The smallest absolute Gasteiger partial charge is 0.161 e. The highest BCUT2D eigenvalue weighted by Gasteiger charge is 2.09. The number of aromatic nitrogens is 3.